The Morgan fingerprint density at radius 1 is 1.19 bits per heavy atom. The first-order chi connectivity index (χ1) is 13.0. The second-order valence-electron chi connectivity index (χ2n) is 7.18. The van der Waals surface area contributed by atoms with Gasteiger partial charge in [-0.2, -0.15) is 0 Å². The number of carbonyl (C=O) groups is 2. The zero-order chi connectivity index (χ0) is 19.4. The third-order valence-electron chi connectivity index (χ3n) is 5.23. The van der Waals surface area contributed by atoms with E-state index in [1.165, 1.54) is 0 Å². The molecule has 1 aromatic rings. The zero-order valence-corrected chi connectivity index (χ0v) is 16.3. The molecule has 3 atom stereocenters. The van der Waals surface area contributed by atoms with Crippen LogP contribution < -0.4 is 10.1 Å². The highest BCUT2D eigenvalue weighted by molar-refractivity contribution is 5.84. The maximum atomic E-state index is 12.7. The van der Waals surface area contributed by atoms with E-state index in [-0.39, 0.29) is 24.0 Å². The summed E-state index contributed by atoms with van der Waals surface area (Å²) in [5.41, 5.74) is 1.00. The van der Waals surface area contributed by atoms with Crippen molar-refractivity contribution < 1.29 is 19.1 Å². The van der Waals surface area contributed by atoms with Crippen molar-refractivity contribution in [3.63, 3.8) is 0 Å². The van der Waals surface area contributed by atoms with E-state index in [1.54, 1.807) is 11.8 Å². The molecule has 2 aliphatic heterocycles. The van der Waals surface area contributed by atoms with E-state index in [4.69, 9.17) is 9.47 Å². The fraction of sp³-hybridized carbons (Fsp3) is 0.600. The summed E-state index contributed by atoms with van der Waals surface area (Å²) in [6.07, 6.45) is -0.685. The number of piperazine rings is 1. The molecule has 2 amide bonds. The third kappa shape index (κ3) is 4.59. The molecule has 2 aliphatic rings. The van der Waals surface area contributed by atoms with Crippen molar-refractivity contribution in [2.45, 2.75) is 39.0 Å². The molecule has 0 bridgehead atoms. The Balaban J connectivity index is 1.51. The number of nitrogens with zero attached hydrogens (tertiary/aromatic N) is 2. The second-order valence-corrected chi connectivity index (χ2v) is 7.18. The van der Waals surface area contributed by atoms with Gasteiger partial charge in [0.1, 0.15) is 11.8 Å². The van der Waals surface area contributed by atoms with E-state index in [1.807, 2.05) is 43.0 Å². The van der Waals surface area contributed by atoms with Gasteiger partial charge in [-0.25, -0.2) is 0 Å². The van der Waals surface area contributed by atoms with Crippen molar-refractivity contribution in [1.29, 1.82) is 0 Å². The highest BCUT2D eigenvalue weighted by Gasteiger charge is 2.34. The van der Waals surface area contributed by atoms with Gasteiger partial charge >= 0.3 is 0 Å². The van der Waals surface area contributed by atoms with Gasteiger partial charge in [0.25, 0.3) is 5.91 Å². The summed E-state index contributed by atoms with van der Waals surface area (Å²) in [6, 6.07) is 7.37. The third-order valence-corrected chi connectivity index (χ3v) is 5.23. The summed E-state index contributed by atoms with van der Waals surface area (Å²) in [7, 11) is 0. The SMILES string of the molecule is Cc1ccccc1OC(C)C(=O)N1CCN(C(=O)[C@H]2NCCO[C@@H]2C)CC1. The lowest BCUT2D eigenvalue weighted by Gasteiger charge is -2.39. The molecule has 2 saturated heterocycles. The van der Waals surface area contributed by atoms with Crippen LogP contribution >= 0.6 is 0 Å². The molecule has 1 aromatic carbocycles. The number of amides is 2. The number of benzene rings is 1. The Morgan fingerprint density at radius 3 is 2.52 bits per heavy atom. The smallest absolute Gasteiger partial charge is 0.263 e. The quantitative estimate of drug-likeness (QED) is 0.843. The summed E-state index contributed by atoms with van der Waals surface area (Å²) in [4.78, 5) is 29.0. The van der Waals surface area contributed by atoms with Gasteiger partial charge in [0.15, 0.2) is 6.10 Å². The van der Waals surface area contributed by atoms with Crippen molar-refractivity contribution in [3.8, 4) is 5.75 Å². The summed E-state index contributed by atoms with van der Waals surface area (Å²) in [5.74, 6) is 0.737. The summed E-state index contributed by atoms with van der Waals surface area (Å²) in [5, 5.41) is 3.23. The van der Waals surface area contributed by atoms with Crippen LogP contribution in [0.25, 0.3) is 0 Å². The molecule has 1 N–H and O–H groups in total. The van der Waals surface area contributed by atoms with E-state index in [0.717, 1.165) is 11.3 Å². The molecule has 0 aliphatic carbocycles. The van der Waals surface area contributed by atoms with E-state index < -0.39 is 6.10 Å². The lowest BCUT2D eigenvalue weighted by Crippen LogP contribution is -2.60. The monoisotopic (exact) mass is 375 g/mol. The minimum atomic E-state index is -0.554. The number of para-hydroxylation sites is 1. The van der Waals surface area contributed by atoms with Gasteiger partial charge in [0, 0.05) is 32.7 Å². The van der Waals surface area contributed by atoms with E-state index in [0.29, 0.717) is 39.3 Å². The fourth-order valence-electron chi connectivity index (χ4n) is 3.54. The van der Waals surface area contributed by atoms with Crippen LogP contribution in [0.5, 0.6) is 5.75 Å². The Labute approximate surface area is 160 Å². The molecule has 3 rings (SSSR count). The zero-order valence-electron chi connectivity index (χ0n) is 16.3. The summed E-state index contributed by atoms with van der Waals surface area (Å²) < 4.78 is 11.4. The molecule has 7 nitrogen and oxygen atoms in total. The largest absolute Gasteiger partial charge is 0.481 e. The van der Waals surface area contributed by atoms with Gasteiger partial charge < -0.3 is 24.6 Å². The van der Waals surface area contributed by atoms with Crippen LogP contribution in [0.15, 0.2) is 24.3 Å². The van der Waals surface area contributed by atoms with Crippen LogP contribution in [0, 0.1) is 6.92 Å². The first kappa shape index (κ1) is 19.6. The minimum Gasteiger partial charge on any atom is -0.481 e. The average molecular weight is 375 g/mol. The Bertz CT molecular complexity index is 673. The average Bonchev–Trinajstić information content (AvgIpc) is 2.69. The Kier molecular flexibility index (Phi) is 6.34. The second kappa shape index (κ2) is 8.71. The molecule has 2 fully saturated rings. The van der Waals surface area contributed by atoms with E-state index in [2.05, 4.69) is 5.32 Å². The Morgan fingerprint density at radius 2 is 1.85 bits per heavy atom. The molecule has 1 unspecified atom stereocenters. The van der Waals surface area contributed by atoms with Crippen LogP contribution in [0.1, 0.15) is 19.4 Å². The number of carbonyl (C=O) groups excluding carboxylic acids is 2. The predicted molar refractivity (Wildman–Crippen MR) is 102 cm³/mol. The van der Waals surface area contributed by atoms with Crippen LogP contribution in [0.3, 0.4) is 0 Å². The molecular formula is C20H29N3O4. The van der Waals surface area contributed by atoms with Gasteiger partial charge in [0.05, 0.1) is 12.7 Å². The normalized spacial score (nSPS) is 24.4. The summed E-state index contributed by atoms with van der Waals surface area (Å²) in [6.45, 7) is 9.08. The van der Waals surface area contributed by atoms with Gasteiger partial charge in [-0.05, 0) is 32.4 Å². The number of aryl methyl sites for hydroxylation is 1. The van der Waals surface area contributed by atoms with Crippen LogP contribution in [0.2, 0.25) is 0 Å². The van der Waals surface area contributed by atoms with Gasteiger partial charge in [-0.15, -0.1) is 0 Å². The molecule has 7 heteroatoms. The first-order valence-electron chi connectivity index (χ1n) is 9.62. The molecule has 27 heavy (non-hydrogen) atoms. The topological polar surface area (TPSA) is 71.1 Å². The molecule has 0 radical (unpaired) electrons. The van der Waals surface area contributed by atoms with E-state index in [9.17, 15) is 9.59 Å². The van der Waals surface area contributed by atoms with Crippen LogP contribution in [-0.2, 0) is 14.3 Å². The van der Waals surface area contributed by atoms with Crippen LogP contribution in [-0.4, -0.2) is 79.2 Å². The molecule has 0 saturated carbocycles. The standard InChI is InChI=1S/C20H29N3O4/c1-14-6-4-5-7-17(14)27-16(3)19(24)22-9-11-23(12-10-22)20(25)18-15(2)26-13-8-21-18/h4-7,15-16,18,21H,8-13H2,1-3H3/t15-,16?,18+/m1/s1. The lowest BCUT2D eigenvalue weighted by molar-refractivity contribution is -0.147. The number of ether oxygens (including phenoxy) is 2. The molecule has 0 aromatic heterocycles. The maximum absolute atomic E-state index is 12.7. The molecule has 148 valence electrons. The fourth-order valence-corrected chi connectivity index (χ4v) is 3.54. The summed E-state index contributed by atoms with van der Waals surface area (Å²) >= 11 is 0. The highest BCUT2D eigenvalue weighted by atomic mass is 16.5. The molecule has 0 spiro atoms. The van der Waals surface area contributed by atoms with Crippen LogP contribution in [0.4, 0.5) is 0 Å². The van der Waals surface area contributed by atoms with Crippen molar-refractivity contribution in [2.24, 2.45) is 0 Å². The van der Waals surface area contributed by atoms with Crippen molar-refractivity contribution >= 4 is 11.8 Å². The lowest BCUT2D eigenvalue weighted by atomic mass is 10.1. The van der Waals surface area contributed by atoms with Crippen molar-refractivity contribution in [1.82, 2.24) is 15.1 Å². The molecular weight excluding hydrogens is 346 g/mol. The van der Waals surface area contributed by atoms with Gasteiger partial charge in [-0.1, -0.05) is 18.2 Å². The number of hydrogen-bond donors (Lipinski definition) is 1. The Hall–Kier alpha value is -2.12. The van der Waals surface area contributed by atoms with Gasteiger partial charge in [-0.3, -0.25) is 9.59 Å². The predicted octanol–water partition coefficient (Wildman–Crippen LogP) is 0.810. The number of nitrogens with one attached hydrogen (secondary N) is 1. The highest BCUT2D eigenvalue weighted by Crippen LogP contribution is 2.19. The maximum Gasteiger partial charge on any atom is 0.263 e. The van der Waals surface area contributed by atoms with Crippen molar-refractivity contribution in [2.75, 3.05) is 39.3 Å². The number of morpholine rings is 1. The molecule has 2 heterocycles. The van der Waals surface area contributed by atoms with E-state index >= 15 is 0 Å². The van der Waals surface area contributed by atoms with Gasteiger partial charge in [0.2, 0.25) is 5.91 Å². The first-order valence-corrected chi connectivity index (χ1v) is 9.62. The number of rotatable bonds is 4. The number of hydrogen-bond acceptors (Lipinski definition) is 5. The van der Waals surface area contributed by atoms with Crippen molar-refractivity contribution in [3.05, 3.63) is 29.8 Å². The minimum absolute atomic E-state index is 0.0437.